The predicted octanol–water partition coefficient (Wildman–Crippen LogP) is 3.64. The Labute approximate surface area is 152 Å². The van der Waals surface area contributed by atoms with E-state index in [4.69, 9.17) is 0 Å². The van der Waals surface area contributed by atoms with E-state index in [1.54, 1.807) is 30.3 Å². The number of hydrogen-bond acceptors (Lipinski definition) is 2. The molecule has 0 aliphatic carbocycles. The van der Waals surface area contributed by atoms with Crippen LogP contribution in [-0.4, -0.2) is 29.5 Å². The summed E-state index contributed by atoms with van der Waals surface area (Å²) in [6.07, 6.45) is -4.61. The van der Waals surface area contributed by atoms with E-state index in [1.165, 1.54) is 0 Å². The first-order valence-electron chi connectivity index (χ1n) is 8.12. The highest BCUT2D eigenvalue weighted by Crippen LogP contribution is 2.17. The smallest absolute Gasteiger partial charge is 0.351 e. The van der Waals surface area contributed by atoms with Crippen LogP contribution in [0.4, 0.5) is 18.9 Å². The van der Waals surface area contributed by atoms with Crippen molar-refractivity contribution in [2.45, 2.75) is 12.6 Å². The van der Waals surface area contributed by atoms with Crippen LogP contribution in [0.2, 0.25) is 0 Å². The lowest BCUT2D eigenvalue weighted by Crippen LogP contribution is -2.34. The lowest BCUT2D eigenvalue weighted by atomic mass is 10.1. The highest BCUT2D eigenvalue weighted by Gasteiger charge is 2.27. The third-order valence-corrected chi connectivity index (χ3v) is 3.84. The summed E-state index contributed by atoms with van der Waals surface area (Å²) in [5.74, 6) is -1.04. The maximum absolute atomic E-state index is 12.3. The molecule has 1 aromatic heterocycles. The SMILES string of the molecule is O=C(Cc1ccc(NC(=O)c2cc3ccccc3[nH]2)cc1)NCC(F)(F)F. The van der Waals surface area contributed by atoms with E-state index < -0.39 is 18.6 Å². The van der Waals surface area contributed by atoms with E-state index in [1.807, 2.05) is 29.6 Å². The number of para-hydroxylation sites is 1. The fourth-order valence-corrected chi connectivity index (χ4v) is 2.55. The zero-order valence-corrected chi connectivity index (χ0v) is 14.1. The van der Waals surface area contributed by atoms with Crippen molar-refractivity contribution < 1.29 is 22.8 Å². The van der Waals surface area contributed by atoms with Gasteiger partial charge >= 0.3 is 6.18 Å². The zero-order valence-electron chi connectivity index (χ0n) is 14.1. The Balaban J connectivity index is 1.58. The Bertz CT molecular complexity index is 929. The van der Waals surface area contributed by atoms with Crippen LogP contribution in [-0.2, 0) is 11.2 Å². The number of benzene rings is 2. The summed E-state index contributed by atoms with van der Waals surface area (Å²) in [6, 6.07) is 15.6. The van der Waals surface area contributed by atoms with Crippen molar-refractivity contribution in [2.24, 2.45) is 0 Å². The average molecular weight is 375 g/mol. The van der Waals surface area contributed by atoms with E-state index in [-0.39, 0.29) is 12.3 Å². The summed E-state index contributed by atoms with van der Waals surface area (Å²) in [4.78, 5) is 26.8. The maximum atomic E-state index is 12.3. The summed E-state index contributed by atoms with van der Waals surface area (Å²) >= 11 is 0. The van der Waals surface area contributed by atoms with Gasteiger partial charge in [0.05, 0.1) is 6.42 Å². The first-order valence-corrected chi connectivity index (χ1v) is 8.12. The molecule has 8 heteroatoms. The number of carbonyl (C=O) groups is 2. The molecule has 3 rings (SSSR count). The molecule has 0 radical (unpaired) electrons. The van der Waals surface area contributed by atoms with E-state index in [2.05, 4.69) is 10.3 Å². The minimum absolute atomic E-state index is 0.174. The topological polar surface area (TPSA) is 74.0 Å². The van der Waals surface area contributed by atoms with Gasteiger partial charge in [-0.15, -0.1) is 0 Å². The Morgan fingerprint density at radius 2 is 1.70 bits per heavy atom. The summed E-state index contributed by atoms with van der Waals surface area (Å²) in [5, 5.41) is 5.46. The highest BCUT2D eigenvalue weighted by molar-refractivity contribution is 6.05. The molecule has 2 amide bonds. The number of alkyl halides is 3. The minimum Gasteiger partial charge on any atom is -0.351 e. The van der Waals surface area contributed by atoms with Gasteiger partial charge in [0.2, 0.25) is 5.91 Å². The van der Waals surface area contributed by atoms with Crippen molar-refractivity contribution in [3.05, 3.63) is 65.9 Å². The Kier molecular flexibility index (Phi) is 5.16. The van der Waals surface area contributed by atoms with Gasteiger partial charge in [0, 0.05) is 16.6 Å². The third kappa shape index (κ3) is 5.10. The molecule has 140 valence electrons. The van der Waals surface area contributed by atoms with Gasteiger partial charge in [-0.1, -0.05) is 30.3 Å². The zero-order chi connectivity index (χ0) is 19.4. The number of halogens is 3. The number of fused-ring (bicyclic) bond motifs is 1. The molecule has 0 spiro atoms. The van der Waals surface area contributed by atoms with Crippen LogP contribution in [0.15, 0.2) is 54.6 Å². The first-order chi connectivity index (χ1) is 12.8. The maximum Gasteiger partial charge on any atom is 0.405 e. The second-order valence-electron chi connectivity index (χ2n) is 5.99. The number of carbonyl (C=O) groups excluding carboxylic acids is 2. The van der Waals surface area contributed by atoms with Gasteiger partial charge in [0.1, 0.15) is 12.2 Å². The van der Waals surface area contributed by atoms with Gasteiger partial charge in [-0.25, -0.2) is 0 Å². The summed E-state index contributed by atoms with van der Waals surface area (Å²) in [7, 11) is 0. The van der Waals surface area contributed by atoms with Crippen LogP contribution in [0.25, 0.3) is 10.9 Å². The highest BCUT2D eigenvalue weighted by atomic mass is 19.4. The molecule has 0 saturated heterocycles. The molecule has 0 aliphatic rings. The molecule has 1 heterocycles. The molecule has 3 N–H and O–H groups in total. The fourth-order valence-electron chi connectivity index (χ4n) is 2.55. The van der Waals surface area contributed by atoms with Gasteiger partial charge in [-0.3, -0.25) is 9.59 Å². The van der Waals surface area contributed by atoms with Gasteiger partial charge in [-0.05, 0) is 29.8 Å². The molecule has 3 aromatic rings. The van der Waals surface area contributed by atoms with Gasteiger partial charge in [0.15, 0.2) is 0 Å². The molecular formula is C19H16F3N3O2. The van der Waals surface area contributed by atoms with E-state index >= 15 is 0 Å². The molecular weight excluding hydrogens is 359 g/mol. The standard InChI is InChI=1S/C19H16F3N3O2/c20-19(21,22)11-23-17(26)9-12-5-7-14(8-6-12)24-18(27)16-10-13-3-1-2-4-15(13)25-16/h1-8,10,25H,9,11H2,(H,23,26)(H,24,27). The van der Waals surface area contributed by atoms with Crippen molar-refractivity contribution >= 4 is 28.4 Å². The Hall–Kier alpha value is -3.29. The first kappa shape index (κ1) is 18.5. The van der Waals surface area contributed by atoms with Crippen molar-refractivity contribution in [3.63, 3.8) is 0 Å². The van der Waals surface area contributed by atoms with Crippen LogP contribution in [0.3, 0.4) is 0 Å². The van der Waals surface area contributed by atoms with Crippen molar-refractivity contribution in [3.8, 4) is 0 Å². The van der Waals surface area contributed by atoms with Crippen LogP contribution >= 0.6 is 0 Å². The number of aromatic nitrogens is 1. The molecule has 5 nitrogen and oxygen atoms in total. The lowest BCUT2D eigenvalue weighted by Gasteiger charge is -2.09. The van der Waals surface area contributed by atoms with Crippen molar-refractivity contribution in [1.82, 2.24) is 10.3 Å². The Morgan fingerprint density at radius 1 is 1.00 bits per heavy atom. The monoisotopic (exact) mass is 375 g/mol. The summed E-state index contributed by atoms with van der Waals surface area (Å²) < 4.78 is 36.2. The van der Waals surface area contributed by atoms with E-state index in [9.17, 15) is 22.8 Å². The second-order valence-corrected chi connectivity index (χ2v) is 5.99. The molecule has 0 unspecified atom stereocenters. The molecule has 0 aliphatic heterocycles. The van der Waals surface area contributed by atoms with Gasteiger partial charge < -0.3 is 15.6 Å². The number of H-pyrrole nitrogens is 1. The van der Waals surface area contributed by atoms with Crippen LogP contribution < -0.4 is 10.6 Å². The normalized spacial score (nSPS) is 11.4. The molecule has 0 fully saturated rings. The van der Waals surface area contributed by atoms with Gasteiger partial charge in [0.25, 0.3) is 5.91 Å². The van der Waals surface area contributed by atoms with E-state index in [0.29, 0.717) is 16.9 Å². The third-order valence-electron chi connectivity index (χ3n) is 3.84. The average Bonchev–Trinajstić information content (AvgIpc) is 3.05. The number of anilines is 1. The largest absolute Gasteiger partial charge is 0.405 e. The van der Waals surface area contributed by atoms with Crippen LogP contribution in [0, 0.1) is 0 Å². The van der Waals surface area contributed by atoms with Crippen LogP contribution in [0.1, 0.15) is 16.1 Å². The fraction of sp³-hybridized carbons (Fsp3) is 0.158. The van der Waals surface area contributed by atoms with Gasteiger partial charge in [-0.2, -0.15) is 13.2 Å². The molecule has 0 atom stereocenters. The summed E-state index contributed by atoms with van der Waals surface area (Å²) in [5.41, 5.74) is 2.31. The Morgan fingerprint density at radius 3 is 2.37 bits per heavy atom. The van der Waals surface area contributed by atoms with Crippen LogP contribution in [0.5, 0.6) is 0 Å². The van der Waals surface area contributed by atoms with Crippen molar-refractivity contribution in [1.29, 1.82) is 0 Å². The minimum atomic E-state index is -4.44. The molecule has 2 aromatic carbocycles. The lowest BCUT2D eigenvalue weighted by molar-refractivity contribution is -0.138. The summed E-state index contributed by atoms with van der Waals surface area (Å²) in [6.45, 7) is -1.36. The number of amides is 2. The number of aromatic amines is 1. The molecule has 0 bridgehead atoms. The predicted molar refractivity (Wildman–Crippen MR) is 95.5 cm³/mol. The van der Waals surface area contributed by atoms with E-state index in [0.717, 1.165) is 10.9 Å². The quantitative estimate of drug-likeness (QED) is 0.637. The second kappa shape index (κ2) is 7.53. The number of nitrogens with one attached hydrogen (secondary N) is 3. The molecule has 27 heavy (non-hydrogen) atoms. The number of hydrogen-bond donors (Lipinski definition) is 3. The number of rotatable bonds is 5. The van der Waals surface area contributed by atoms with Crippen molar-refractivity contribution in [2.75, 3.05) is 11.9 Å². The molecule has 0 saturated carbocycles.